The number of carbonyl (C=O) groups excluding carboxylic acids is 5. The first-order valence-electron chi connectivity index (χ1n) is 8.06. The number of hydrogen-bond donors (Lipinski definition) is 1. The summed E-state index contributed by atoms with van der Waals surface area (Å²) < 4.78 is 20.5. The summed E-state index contributed by atoms with van der Waals surface area (Å²) in [4.78, 5) is 57.9. The Balaban J connectivity index is 3.31. The average molecular weight is 373 g/mol. The maximum absolute atomic E-state index is 12.2. The van der Waals surface area contributed by atoms with Crippen LogP contribution in [0.3, 0.4) is 0 Å². The Bertz CT molecular complexity index is 588. The first kappa shape index (κ1) is 21.6. The Labute approximate surface area is 150 Å². The minimum absolute atomic E-state index is 0.333. The molecule has 0 radical (unpaired) electrons. The highest BCUT2D eigenvalue weighted by Gasteiger charge is 2.53. The molecule has 0 aromatic rings. The van der Waals surface area contributed by atoms with E-state index in [-0.39, 0.29) is 0 Å². The van der Waals surface area contributed by atoms with Gasteiger partial charge in [0.05, 0.1) is 12.1 Å². The third kappa shape index (κ3) is 5.80. The van der Waals surface area contributed by atoms with Gasteiger partial charge >= 0.3 is 23.9 Å². The van der Waals surface area contributed by atoms with E-state index in [2.05, 4.69) is 10.1 Å². The Morgan fingerprint density at radius 3 is 1.85 bits per heavy atom. The minimum Gasteiger partial charge on any atom is -0.456 e. The Kier molecular flexibility index (Phi) is 7.69. The van der Waals surface area contributed by atoms with Gasteiger partial charge < -0.3 is 24.3 Å². The summed E-state index contributed by atoms with van der Waals surface area (Å²) in [5.74, 6) is -3.87. The molecule has 10 heteroatoms. The highest BCUT2D eigenvalue weighted by Crippen LogP contribution is 2.29. The summed E-state index contributed by atoms with van der Waals surface area (Å²) >= 11 is 0. The van der Waals surface area contributed by atoms with Gasteiger partial charge in [-0.1, -0.05) is 6.92 Å². The van der Waals surface area contributed by atoms with E-state index < -0.39 is 60.2 Å². The molecular formula is C16H23NO9. The molecule has 0 bridgehead atoms. The highest BCUT2D eigenvalue weighted by molar-refractivity contribution is 5.87. The number of ether oxygens (including phenoxy) is 4. The van der Waals surface area contributed by atoms with Gasteiger partial charge in [-0.25, -0.2) is 4.79 Å². The number of hydrogen-bond acceptors (Lipinski definition) is 9. The molecule has 1 aliphatic heterocycles. The van der Waals surface area contributed by atoms with Crippen molar-refractivity contribution in [2.75, 3.05) is 0 Å². The van der Waals surface area contributed by atoms with Crippen LogP contribution in [0.4, 0.5) is 0 Å². The van der Waals surface area contributed by atoms with Crippen LogP contribution in [0, 0.1) is 0 Å². The van der Waals surface area contributed by atoms with Crippen molar-refractivity contribution >= 4 is 29.8 Å². The zero-order valence-corrected chi connectivity index (χ0v) is 15.3. The van der Waals surface area contributed by atoms with Crippen molar-refractivity contribution < 1.29 is 42.9 Å². The highest BCUT2D eigenvalue weighted by atomic mass is 16.6. The third-order valence-electron chi connectivity index (χ3n) is 3.55. The van der Waals surface area contributed by atoms with Crippen LogP contribution < -0.4 is 5.32 Å². The number of esters is 4. The maximum atomic E-state index is 12.2. The van der Waals surface area contributed by atoms with Crippen LogP contribution in [0.2, 0.25) is 0 Å². The van der Waals surface area contributed by atoms with Gasteiger partial charge in [0.15, 0.2) is 18.3 Å². The van der Waals surface area contributed by atoms with Crippen molar-refractivity contribution in [1.29, 1.82) is 0 Å². The summed E-state index contributed by atoms with van der Waals surface area (Å²) in [5.41, 5.74) is 0. The fraction of sp³-hybridized carbons (Fsp3) is 0.688. The molecule has 1 amide bonds. The largest absolute Gasteiger partial charge is 0.456 e. The van der Waals surface area contributed by atoms with Crippen LogP contribution in [0.5, 0.6) is 0 Å². The van der Waals surface area contributed by atoms with Crippen LogP contribution in [0.1, 0.15) is 41.0 Å². The normalized spacial score (nSPS) is 27.8. The lowest BCUT2D eigenvalue weighted by molar-refractivity contribution is -0.223. The maximum Gasteiger partial charge on any atom is 0.346 e. The Morgan fingerprint density at radius 1 is 0.885 bits per heavy atom. The second-order valence-electron chi connectivity index (χ2n) is 5.79. The number of amides is 1. The Hall–Kier alpha value is -2.49. The fourth-order valence-electron chi connectivity index (χ4n) is 2.74. The number of carbonyl (C=O) groups is 5. The van der Waals surface area contributed by atoms with E-state index in [0.717, 1.165) is 20.8 Å². The molecule has 1 aliphatic rings. The molecule has 26 heavy (non-hydrogen) atoms. The van der Waals surface area contributed by atoms with E-state index in [1.807, 2.05) is 0 Å². The first-order valence-corrected chi connectivity index (χ1v) is 8.06. The van der Waals surface area contributed by atoms with Crippen LogP contribution in [0.25, 0.3) is 0 Å². The van der Waals surface area contributed by atoms with E-state index in [0.29, 0.717) is 6.42 Å². The van der Waals surface area contributed by atoms with E-state index in [4.69, 9.17) is 14.2 Å². The van der Waals surface area contributed by atoms with Crippen LogP contribution in [-0.2, 0) is 42.9 Å². The van der Waals surface area contributed by atoms with E-state index in [1.54, 1.807) is 6.92 Å². The average Bonchev–Trinajstić information content (AvgIpc) is 2.48. The van der Waals surface area contributed by atoms with E-state index in [1.165, 1.54) is 6.92 Å². The third-order valence-corrected chi connectivity index (χ3v) is 3.55. The van der Waals surface area contributed by atoms with Crippen LogP contribution in [0.15, 0.2) is 0 Å². The van der Waals surface area contributed by atoms with Gasteiger partial charge in [0, 0.05) is 27.7 Å². The quantitative estimate of drug-likeness (QED) is 0.389. The molecule has 5 atom stereocenters. The lowest BCUT2D eigenvalue weighted by Gasteiger charge is -2.44. The fourth-order valence-corrected chi connectivity index (χ4v) is 2.74. The summed E-state index contributed by atoms with van der Waals surface area (Å²) in [6, 6.07) is -0.868. The minimum atomic E-state index is -1.50. The van der Waals surface area contributed by atoms with Crippen molar-refractivity contribution in [1.82, 2.24) is 5.32 Å². The summed E-state index contributed by atoms with van der Waals surface area (Å²) in [6.07, 6.45) is -4.52. The van der Waals surface area contributed by atoms with Gasteiger partial charge in [0.25, 0.3) is 0 Å². The van der Waals surface area contributed by atoms with Gasteiger partial charge in [0.2, 0.25) is 5.91 Å². The molecule has 1 heterocycles. The molecule has 1 rings (SSSR count). The molecule has 0 spiro atoms. The van der Waals surface area contributed by atoms with Crippen molar-refractivity contribution in [3.63, 3.8) is 0 Å². The zero-order valence-electron chi connectivity index (χ0n) is 15.3. The summed E-state index contributed by atoms with van der Waals surface area (Å²) in [5, 5.41) is 2.59. The Morgan fingerprint density at radius 2 is 1.42 bits per heavy atom. The summed E-state index contributed by atoms with van der Waals surface area (Å²) in [6.45, 7) is 6.24. The number of nitrogens with one attached hydrogen (secondary N) is 1. The van der Waals surface area contributed by atoms with Crippen molar-refractivity contribution in [2.24, 2.45) is 0 Å². The molecule has 4 unspecified atom stereocenters. The van der Waals surface area contributed by atoms with Gasteiger partial charge in [-0.3, -0.25) is 19.2 Å². The lowest BCUT2D eigenvalue weighted by Crippen LogP contribution is -2.66. The molecule has 0 saturated carbocycles. The van der Waals surface area contributed by atoms with Gasteiger partial charge in [-0.05, 0) is 6.42 Å². The first-order chi connectivity index (χ1) is 12.1. The van der Waals surface area contributed by atoms with Crippen molar-refractivity contribution in [3.05, 3.63) is 0 Å². The topological polar surface area (TPSA) is 134 Å². The van der Waals surface area contributed by atoms with Crippen LogP contribution in [-0.4, -0.2) is 60.2 Å². The molecule has 1 fully saturated rings. The van der Waals surface area contributed by atoms with Gasteiger partial charge in [0.1, 0.15) is 0 Å². The van der Waals surface area contributed by atoms with Gasteiger partial charge in [-0.15, -0.1) is 0 Å². The lowest BCUT2D eigenvalue weighted by atomic mass is 9.90. The molecular weight excluding hydrogens is 350 g/mol. The predicted molar refractivity (Wildman–Crippen MR) is 84.4 cm³/mol. The smallest absolute Gasteiger partial charge is 0.346 e. The molecule has 1 saturated heterocycles. The standard InChI is InChI=1S/C16H23NO9/c1-6-11-12(17-7(2)18)13(23-8(3)19)14(24-9(4)20)15(26-11)16(22)25-10(5)21/h11-15H,6H2,1-5H3,(H,17,18)/t11-,12?,13?,14?,15?/m0/s1. The van der Waals surface area contributed by atoms with Gasteiger partial charge in [-0.2, -0.15) is 0 Å². The molecule has 10 nitrogen and oxygen atoms in total. The summed E-state index contributed by atoms with van der Waals surface area (Å²) in [7, 11) is 0. The van der Waals surface area contributed by atoms with Crippen molar-refractivity contribution in [3.8, 4) is 0 Å². The number of rotatable bonds is 5. The molecule has 0 aromatic carbocycles. The molecule has 1 N–H and O–H groups in total. The monoisotopic (exact) mass is 373 g/mol. The molecule has 146 valence electrons. The van der Waals surface area contributed by atoms with E-state index in [9.17, 15) is 24.0 Å². The molecule has 0 aliphatic carbocycles. The second kappa shape index (κ2) is 9.27. The SMILES string of the molecule is CC[C@@H]1OC(C(=O)OC(C)=O)C(OC(C)=O)C(OC(C)=O)C1NC(C)=O. The van der Waals surface area contributed by atoms with E-state index >= 15 is 0 Å². The predicted octanol–water partition coefficient (Wildman–Crippen LogP) is -0.378. The van der Waals surface area contributed by atoms with Crippen molar-refractivity contribution in [2.45, 2.75) is 71.5 Å². The molecule has 0 aromatic heterocycles. The zero-order chi connectivity index (χ0) is 20.0. The second-order valence-corrected chi connectivity index (χ2v) is 5.79. The van der Waals surface area contributed by atoms with Crippen LogP contribution >= 0.6 is 0 Å².